The summed E-state index contributed by atoms with van der Waals surface area (Å²) >= 11 is 8.05. The van der Waals surface area contributed by atoms with Crippen molar-refractivity contribution in [3.8, 4) is 22.6 Å². The van der Waals surface area contributed by atoms with Crippen molar-refractivity contribution in [1.29, 1.82) is 0 Å². The van der Waals surface area contributed by atoms with Crippen molar-refractivity contribution in [2.75, 3.05) is 25.1 Å². The molecule has 0 saturated carbocycles. The first-order valence-corrected chi connectivity index (χ1v) is 12.7. The number of amides is 1. The van der Waals surface area contributed by atoms with Crippen LogP contribution in [-0.4, -0.2) is 52.3 Å². The highest BCUT2D eigenvalue weighted by Gasteiger charge is 2.20. The van der Waals surface area contributed by atoms with Crippen LogP contribution in [0.1, 0.15) is 18.5 Å². The molecular formula is C25H21ClN6O3S. The third kappa shape index (κ3) is 4.57. The lowest BCUT2D eigenvalue weighted by Crippen LogP contribution is -2.27. The number of nitrogens with one attached hydrogen (secondary N) is 2. The molecule has 0 spiro atoms. The first kappa shape index (κ1) is 22.7. The highest BCUT2D eigenvalue weighted by Crippen LogP contribution is 2.40. The maximum absolute atomic E-state index is 11.3. The van der Waals surface area contributed by atoms with E-state index in [2.05, 4.69) is 30.0 Å². The van der Waals surface area contributed by atoms with Crippen LogP contribution in [0.3, 0.4) is 0 Å². The molecule has 4 heterocycles. The first-order chi connectivity index (χ1) is 17.6. The molecular weight excluding hydrogens is 500 g/mol. The van der Waals surface area contributed by atoms with Gasteiger partial charge in [-0.1, -0.05) is 29.8 Å². The Morgan fingerprint density at radius 2 is 2.11 bits per heavy atom. The SMILES string of the molecule is O=C1CCC(CN=Cc2cnc3c(Nc4cccc(-c5ccc6c(c5)OCCO6)c4Cl)nsc3n2)N1. The van der Waals surface area contributed by atoms with Crippen LogP contribution >= 0.6 is 23.1 Å². The molecule has 1 amide bonds. The van der Waals surface area contributed by atoms with Gasteiger partial charge < -0.3 is 20.1 Å². The van der Waals surface area contributed by atoms with Gasteiger partial charge in [0.15, 0.2) is 22.1 Å². The number of anilines is 2. The Labute approximate surface area is 215 Å². The molecule has 2 aromatic heterocycles. The molecule has 2 aliphatic rings. The zero-order valence-electron chi connectivity index (χ0n) is 19.0. The second-order valence-electron chi connectivity index (χ2n) is 8.43. The Kier molecular flexibility index (Phi) is 6.12. The zero-order valence-corrected chi connectivity index (χ0v) is 20.6. The van der Waals surface area contributed by atoms with E-state index in [1.807, 2.05) is 36.4 Å². The molecule has 11 heteroatoms. The van der Waals surface area contributed by atoms with E-state index >= 15 is 0 Å². The van der Waals surface area contributed by atoms with E-state index < -0.39 is 0 Å². The molecule has 6 rings (SSSR count). The Morgan fingerprint density at radius 3 is 2.97 bits per heavy atom. The van der Waals surface area contributed by atoms with Gasteiger partial charge in [-0.05, 0) is 41.7 Å². The van der Waals surface area contributed by atoms with E-state index in [9.17, 15) is 4.79 Å². The lowest BCUT2D eigenvalue weighted by molar-refractivity contribution is -0.119. The van der Waals surface area contributed by atoms with E-state index in [4.69, 9.17) is 21.1 Å². The van der Waals surface area contributed by atoms with Gasteiger partial charge in [-0.25, -0.2) is 9.97 Å². The number of aromatic nitrogens is 3. The number of ether oxygens (including phenoxy) is 2. The molecule has 1 fully saturated rings. The molecule has 182 valence electrons. The van der Waals surface area contributed by atoms with Gasteiger partial charge in [0.05, 0.1) is 23.5 Å². The highest BCUT2D eigenvalue weighted by molar-refractivity contribution is 7.13. The summed E-state index contributed by atoms with van der Waals surface area (Å²) in [6, 6.07) is 11.7. The largest absolute Gasteiger partial charge is 0.486 e. The van der Waals surface area contributed by atoms with Crippen molar-refractivity contribution < 1.29 is 14.3 Å². The summed E-state index contributed by atoms with van der Waals surface area (Å²) in [5.41, 5.74) is 3.79. The summed E-state index contributed by atoms with van der Waals surface area (Å²) < 4.78 is 15.8. The molecule has 0 bridgehead atoms. The molecule has 1 unspecified atom stereocenters. The van der Waals surface area contributed by atoms with Crippen LogP contribution in [0.2, 0.25) is 5.02 Å². The van der Waals surface area contributed by atoms with Gasteiger partial charge in [0.1, 0.15) is 24.4 Å². The standard InChI is InChI=1S/C25H21ClN6O3S/c26-22-17(14-4-6-19-20(10-14)35-9-8-34-19)2-1-3-18(22)31-24-23-25(36-32-24)30-16(13-28-23)12-27-11-15-5-7-21(33)29-15/h1-4,6,10,12-13,15H,5,7-9,11H2,(H,29,33)(H,31,32). The Morgan fingerprint density at radius 1 is 1.22 bits per heavy atom. The third-order valence-corrected chi connectivity index (χ3v) is 7.08. The van der Waals surface area contributed by atoms with Crippen molar-refractivity contribution in [3.63, 3.8) is 0 Å². The van der Waals surface area contributed by atoms with Crippen molar-refractivity contribution in [1.82, 2.24) is 19.7 Å². The van der Waals surface area contributed by atoms with Gasteiger partial charge in [0, 0.05) is 24.2 Å². The minimum absolute atomic E-state index is 0.0815. The molecule has 36 heavy (non-hydrogen) atoms. The Bertz CT molecular complexity index is 1490. The van der Waals surface area contributed by atoms with Gasteiger partial charge in [0.25, 0.3) is 0 Å². The number of hydrogen-bond donors (Lipinski definition) is 2. The molecule has 0 aliphatic carbocycles. The van der Waals surface area contributed by atoms with Crippen LogP contribution < -0.4 is 20.1 Å². The molecule has 2 aliphatic heterocycles. The number of aliphatic imine (C=N–C) groups is 1. The maximum atomic E-state index is 11.3. The Hall–Kier alpha value is -3.76. The quantitative estimate of drug-likeness (QED) is 0.357. The van der Waals surface area contributed by atoms with E-state index in [-0.39, 0.29) is 11.9 Å². The molecule has 1 atom stereocenters. The van der Waals surface area contributed by atoms with E-state index in [1.54, 1.807) is 12.4 Å². The van der Waals surface area contributed by atoms with Crippen LogP contribution in [0.25, 0.3) is 21.5 Å². The monoisotopic (exact) mass is 520 g/mol. The summed E-state index contributed by atoms with van der Waals surface area (Å²) in [4.78, 5) is 25.6. The first-order valence-electron chi connectivity index (χ1n) is 11.5. The maximum Gasteiger partial charge on any atom is 0.220 e. The number of nitrogens with zero attached hydrogens (tertiary/aromatic N) is 4. The minimum Gasteiger partial charge on any atom is -0.486 e. The molecule has 2 aromatic carbocycles. The van der Waals surface area contributed by atoms with Crippen molar-refractivity contribution >= 4 is 57.1 Å². The molecule has 1 saturated heterocycles. The van der Waals surface area contributed by atoms with Crippen molar-refractivity contribution in [3.05, 3.63) is 53.3 Å². The van der Waals surface area contributed by atoms with E-state index in [1.165, 1.54) is 11.5 Å². The molecule has 9 nitrogen and oxygen atoms in total. The number of rotatable bonds is 6. The Balaban J connectivity index is 1.21. The average Bonchev–Trinajstić information content (AvgIpc) is 3.50. The number of carbonyl (C=O) groups is 1. The molecule has 4 aromatic rings. The molecule has 0 radical (unpaired) electrons. The second-order valence-corrected chi connectivity index (χ2v) is 9.56. The average molecular weight is 521 g/mol. The van der Waals surface area contributed by atoms with Crippen LogP contribution in [0.5, 0.6) is 11.5 Å². The summed E-state index contributed by atoms with van der Waals surface area (Å²) in [6.45, 7) is 1.60. The fourth-order valence-electron chi connectivity index (χ4n) is 4.17. The zero-order chi connectivity index (χ0) is 24.5. The summed E-state index contributed by atoms with van der Waals surface area (Å²) in [7, 11) is 0. The van der Waals surface area contributed by atoms with E-state index in [0.29, 0.717) is 64.5 Å². The molecule has 2 N–H and O–H groups in total. The number of carbonyl (C=O) groups excluding carboxylic acids is 1. The topological polar surface area (TPSA) is 111 Å². The fraction of sp³-hybridized carbons (Fsp3) is 0.240. The van der Waals surface area contributed by atoms with Crippen molar-refractivity contribution in [2.24, 2.45) is 4.99 Å². The van der Waals surface area contributed by atoms with Gasteiger partial charge in [-0.3, -0.25) is 9.79 Å². The lowest BCUT2D eigenvalue weighted by atomic mass is 10.0. The number of benzene rings is 2. The summed E-state index contributed by atoms with van der Waals surface area (Å²) in [5, 5.41) is 6.77. The summed E-state index contributed by atoms with van der Waals surface area (Å²) in [6.07, 6.45) is 4.71. The number of fused-ring (bicyclic) bond motifs is 2. The predicted molar refractivity (Wildman–Crippen MR) is 140 cm³/mol. The normalized spacial score (nSPS) is 17.0. The lowest BCUT2D eigenvalue weighted by Gasteiger charge is -2.19. The van der Waals surface area contributed by atoms with Crippen LogP contribution in [0, 0.1) is 0 Å². The number of hydrogen-bond acceptors (Lipinski definition) is 9. The van der Waals surface area contributed by atoms with Crippen LogP contribution in [-0.2, 0) is 4.79 Å². The summed E-state index contributed by atoms with van der Waals surface area (Å²) in [5.74, 6) is 2.11. The van der Waals surface area contributed by atoms with Crippen molar-refractivity contribution in [2.45, 2.75) is 18.9 Å². The number of halogens is 1. The predicted octanol–water partition coefficient (Wildman–Crippen LogP) is 4.62. The fourth-order valence-corrected chi connectivity index (χ4v) is 5.14. The van der Waals surface area contributed by atoms with Gasteiger partial charge in [-0.2, -0.15) is 4.37 Å². The van der Waals surface area contributed by atoms with E-state index in [0.717, 1.165) is 23.3 Å². The van der Waals surface area contributed by atoms with Gasteiger partial charge in [0.2, 0.25) is 5.91 Å². The highest BCUT2D eigenvalue weighted by atomic mass is 35.5. The minimum atomic E-state index is 0.0815. The van der Waals surface area contributed by atoms with Crippen LogP contribution in [0.4, 0.5) is 11.5 Å². The second kappa shape index (κ2) is 9.71. The van der Waals surface area contributed by atoms with Gasteiger partial charge >= 0.3 is 0 Å². The third-order valence-electron chi connectivity index (χ3n) is 5.95. The van der Waals surface area contributed by atoms with Gasteiger partial charge in [-0.15, -0.1) is 0 Å². The van der Waals surface area contributed by atoms with Crippen LogP contribution in [0.15, 0.2) is 47.6 Å². The smallest absolute Gasteiger partial charge is 0.220 e.